The highest BCUT2D eigenvalue weighted by molar-refractivity contribution is 5.26. The van der Waals surface area contributed by atoms with Gasteiger partial charge in [-0.05, 0) is 25.7 Å². The molecule has 1 fully saturated rings. The summed E-state index contributed by atoms with van der Waals surface area (Å²) in [4.78, 5) is 6.49. The number of aromatic nitrogens is 1. The van der Waals surface area contributed by atoms with Crippen LogP contribution in [0.2, 0.25) is 0 Å². The molecule has 1 aromatic rings. The maximum absolute atomic E-state index is 5.86. The average Bonchev–Trinajstić information content (AvgIpc) is 2.40. The smallest absolute Gasteiger partial charge is 0.137 e. The van der Waals surface area contributed by atoms with E-state index in [4.69, 9.17) is 9.47 Å². The van der Waals surface area contributed by atoms with Gasteiger partial charge in [0.05, 0.1) is 32.1 Å². The molecule has 0 aliphatic carbocycles. The van der Waals surface area contributed by atoms with Crippen LogP contribution in [0.1, 0.15) is 11.6 Å². The molecular formula is C13H21N3O2. The summed E-state index contributed by atoms with van der Waals surface area (Å²) in [6.45, 7) is 2.68. The van der Waals surface area contributed by atoms with Crippen molar-refractivity contribution < 1.29 is 9.47 Å². The highest BCUT2D eigenvalue weighted by atomic mass is 16.5. The number of hydrogen-bond donors (Lipinski definition) is 1. The van der Waals surface area contributed by atoms with Crippen molar-refractivity contribution in [1.29, 1.82) is 0 Å². The molecule has 2 heterocycles. The topological polar surface area (TPSA) is 46.6 Å². The predicted molar refractivity (Wildman–Crippen MR) is 69.8 cm³/mol. The van der Waals surface area contributed by atoms with Crippen LogP contribution >= 0.6 is 0 Å². The van der Waals surface area contributed by atoms with Gasteiger partial charge in [0.15, 0.2) is 0 Å². The van der Waals surface area contributed by atoms with Gasteiger partial charge in [0, 0.05) is 19.3 Å². The molecule has 1 aliphatic rings. The van der Waals surface area contributed by atoms with Crippen LogP contribution in [-0.4, -0.2) is 56.9 Å². The normalized spacial score (nSPS) is 22.7. The minimum absolute atomic E-state index is 0.135. The lowest BCUT2D eigenvalue weighted by Crippen LogP contribution is -2.46. The van der Waals surface area contributed by atoms with Gasteiger partial charge in [0.2, 0.25) is 0 Å². The van der Waals surface area contributed by atoms with E-state index in [2.05, 4.69) is 22.2 Å². The van der Waals surface area contributed by atoms with Crippen molar-refractivity contribution in [3.63, 3.8) is 0 Å². The first-order valence-electron chi connectivity index (χ1n) is 6.21. The van der Waals surface area contributed by atoms with E-state index < -0.39 is 0 Å². The number of hydrogen-bond acceptors (Lipinski definition) is 5. The molecule has 0 amide bonds. The van der Waals surface area contributed by atoms with E-state index in [1.807, 2.05) is 19.3 Å². The minimum atomic E-state index is 0.135. The van der Waals surface area contributed by atoms with E-state index in [1.165, 1.54) is 0 Å². The van der Waals surface area contributed by atoms with Gasteiger partial charge in [0.25, 0.3) is 0 Å². The third-order valence-electron chi connectivity index (χ3n) is 3.31. The number of morpholine rings is 1. The molecule has 2 rings (SSSR count). The summed E-state index contributed by atoms with van der Waals surface area (Å²) in [6.07, 6.45) is 3.72. The monoisotopic (exact) mass is 251 g/mol. The van der Waals surface area contributed by atoms with E-state index in [0.29, 0.717) is 0 Å². The van der Waals surface area contributed by atoms with Crippen LogP contribution in [0.4, 0.5) is 0 Å². The largest absolute Gasteiger partial charge is 0.495 e. The Hall–Kier alpha value is -1.17. The highest BCUT2D eigenvalue weighted by Crippen LogP contribution is 2.23. The third kappa shape index (κ3) is 2.98. The Morgan fingerprint density at radius 1 is 1.56 bits per heavy atom. The van der Waals surface area contributed by atoms with Crippen LogP contribution in [0.25, 0.3) is 0 Å². The van der Waals surface area contributed by atoms with E-state index in [0.717, 1.165) is 31.0 Å². The standard InChI is InChI=1S/C13H21N3O2/c1-14-13(12-9-16(2)4-5-18-12)10-6-11(17-3)8-15-7-10/h6-8,12-14H,4-5,9H2,1-3H3. The lowest BCUT2D eigenvalue weighted by molar-refractivity contribution is -0.0381. The molecule has 0 bridgehead atoms. The summed E-state index contributed by atoms with van der Waals surface area (Å²) in [6, 6.07) is 2.14. The highest BCUT2D eigenvalue weighted by Gasteiger charge is 2.27. The van der Waals surface area contributed by atoms with Crippen LogP contribution in [0.15, 0.2) is 18.5 Å². The van der Waals surface area contributed by atoms with E-state index in [-0.39, 0.29) is 12.1 Å². The first-order valence-corrected chi connectivity index (χ1v) is 6.21. The predicted octanol–water partition coefficient (Wildman–Crippen LogP) is 0.681. The fourth-order valence-corrected chi connectivity index (χ4v) is 2.30. The molecular weight excluding hydrogens is 230 g/mol. The van der Waals surface area contributed by atoms with Crippen molar-refractivity contribution in [3.8, 4) is 5.75 Å². The molecule has 0 saturated carbocycles. The Bertz CT molecular complexity index is 386. The van der Waals surface area contributed by atoms with Gasteiger partial charge in [-0.1, -0.05) is 0 Å². The lowest BCUT2D eigenvalue weighted by Gasteiger charge is -2.35. The molecule has 0 aromatic carbocycles. The summed E-state index contributed by atoms with van der Waals surface area (Å²) in [5, 5.41) is 3.31. The maximum Gasteiger partial charge on any atom is 0.137 e. The van der Waals surface area contributed by atoms with Gasteiger partial charge < -0.3 is 19.7 Å². The Kier molecular flexibility index (Phi) is 4.52. The van der Waals surface area contributed by atoms with Gasteiger partial charge in [0.1, 0.15) is 5.75 Å². The summed E-state index contributed by atoms with van der Waals surface area (Å²) >= 11 is 0. The molecule has 1 aromatic heterocycles. The van der Waals surface area contributed by atoms with Crippen LogP contribution in [0.3, 0.4) is 0 Å². The Morgan fingerprint density at radius 2 is 2.39 bits per heavy atom. The Balaban J connectivity index is 2.16. The van der Waals surface area contributed by atoms with E-state index in [1.54, 1.807) is 13.3 Å². The lowest BCUT2D eigenvalue weighted by atomic mass is 10.0. The van der Waals surface area contributed by atoms with Gasteiger partial charge in [-0.3, -0.25) is 4.98 Å². The van der Waals surface area contributed by atoms with Crippen molar-refractivity contribution in [1.82, 2.24) is 15.2 Å². The van der Waals surface area contributed by atoms with Gasteiger partial charge >= 0.3 is 0 Å². The van der Waals surface area contributed by atoms with E-state index >= 15 is 0 Å². The minimum Gasteiger partial charge on any atom is -0.495 e. The Labute approximate surface area is 108 Å². The molecule has 5 heteroatoms. The summed E-state index contributed by atoms with van der Waals surface area (Å²) in [5.41, 5.74) is 1.09. The van der Waals surface area contributed by atoms with Crippen LogP contribution in [0, 0.1) is 0 Å². The van der Waals surface area contributed by atoms with Crippen molar-refractivity contribution in [2.75, 3.05) is 40.9 Å². The number of likely N-dealkylation sites (N-methyl/N-ethyl adjacent to an activating group) is 2. The van der Waals surface area contributed by atoms with Crippen LogP contribution < -0.4 is 10.1 Å². The van der Waals surface area contributed by atoms with Crippen molar-refractivity contribution in [3.05, 3.63) is 24.0 Å². The van der Waals surface area contributed by atoms with Crippen molar-refractivity contribution >= 4 is 0 Å². The number of pyridine rings is 1. The SMILES string of the molecule is CNC(c1cncc(OC)c1)C1CN(C)CCO1. The third-order valence-corrected chi connectivity index (χ3v) is 3.31. The second kappa shape index (κ2) is 6.13. The molecule has 2 unspecified atom stereocenters. The second-order valence-corrected chi connectivity index (χ2v) is 4.60. The fraction of sp³-hybridized carbons (Fsp3) is 0.615. The molecule has 1 aliphatic heterocycles. The van der Waals surface area contributed by atoms with Gasteiger partial charge in [-0.2, -0.15) is 0 Å². The maximum atomic E-state index is 5.86. The van der Waals surface area contributed by atoms with Crippen LogP contribution in [-0.2, 0) is 4.74 Å². The number of nitrogens with zero attached hydrogens (tertiary/aromatic N) is 2. The summed E-state index contributed by atoms with van der Waals surface area (Å²) < 4.78 is 11.1. The number of rotatable bonds is 4. The first-order chi connectivity index (χ1) is 8.74. The zero-order valence-corrected chi connectivity index (χ0v) is 11.2. The summed E-state index contributed by atoms with van der Waals surface area (Å²) in [7, 11) is 5.72. The average molecular weight is 251 g/mol. The molecule has 2 atom stereocenters. The Morgan fingerprint density at radius 3 is 3.06 bits per heavy atom. The molecule has 0 spiro atoms. The molecule has 0 radical (unpaired) electrons. The molecule has 5 nitrogen and oxygen atoms in total. The fourth-order valence-electron chi connectivity index (χ4n) is 2.30. The first kappa shape index (κ1) is 13.3. The quantitative estimate of drug-likeness (QED) is 0.852. The summed E-state index contributed by atoms with van der Waals surface area (Å²) in [5.74, 6) is 0.775. The molecule has 18 heavy (non-hydrogen) atoms. The van der Waals surface area contributed by atoms with Gasteiger partial charge in [-0.15, -0.1) is 0 Å². The molecule has 1 N–H and O–H groups in total. The number of ether oxygens (including phenoxy) is 2. The van der Waals surface area contributed by atoms with Crippen molar-refractivity contribution in [2.24, 2.45) is 0 Å². The van der Waals surface area contributed by atoms with Crippen LogP contribution in [0.5, 0.6) is 5.75 Å². The number of nitrogens with one attached hydrogen (secondary N) is 1. The van der Waals surface area contributed by atoms with E-state index in [9.17, 15) is 0 Å². The zero-order valence-electron chi connectivity index (χ0n) is 11.2. The molecule has 1 saturated heterocycles. The number of methoxy groups -OCH3 is 1. The second-order valence-electron chi connectivity index (χ2n) is 4.60. The zero-order chi connectivity index (χ0) is 13.0. The van der Waals surface area contributed by atoms with Gasteiger partial charge in [-0.25, -0.2) is 0 Å². The van der Waals surface area contributed by atoms with Crippen molar-refractivity contribution in [2.45, 2.75) is 12.1 Å². The molecule has 100 valence electrons.